The summed E-state index contributed by atoms with van der Waals surface area (Å²) in [5, 5.41) is 6.01. The highest BCUT2D eigenvalue weighted by molar-refractivity contribution is 5.87. The summed E-state index contributed by atoms with van der Waals surface area (Å²) >= 11 is 0. The number of nitrogens with zero attached hydrogens (tertiary/aromatic N) is 3. The van der Waals surface area contributed by atoms with Crippen LogP contribution in [0.4, 0.5) is 0 Å². The molecule has 0 aliphatic heterocycles. The zero-order valence-electron chi connectivity index (χ0n) is 12.3. The van der Waals surface area contributed by atoms with E-state index in [0.717, 1.165) is 17.6 Å². The van der Waals surface area contributed by atoms with Crippen molar-refractivity contribution in [3.05, 3.63) is 54.0 Å². The summed E-state index contributed by atoms with van der Waals surface area (Å²) < 4.78 is 2.16. The third kappa shape index (κ3) is 2.04. The molecule has 0 amide bonds. The number of hydrogen-bond acceptors (Lipinski definition) is 2. The largest absolute Gasteiger partial charge is 0.256 e. The Balaban J connectivity index is 1.93. The van der Waals surface area contributed by atoms with Gasteiger partial charge in [0.1, 0.15) is 0 Å². The van der Waals surface area contributed by atoms with Crippen molar-refractivity contribution in [3.63, 3.8) is 0 Å². The Hall–Kier alpha value is -2.16. The summed E-state index contributed by atoms with van der Waals surface area (Å²) in [5.74, 6) is 0.671. The molecular weight excluding hydrogens is 258 g/mol. The second-order valence-electron chi connectivity index (χ2n) is 5.80. The molecule has 4 rings (SSSR count). The Bertz CT molecular complexity index is 779. The SMILES string of the molecule is CCc1cc(C2CCC2)n(-c2cccc3ncccc23)n1. The lowest BCUT2D eigenvalue weighted by Gasteiger charge is -2.26. The first-order chi connectivity index (χ1) is 10.4. The van der Waals surface area contributed by atoms with Crippen LogP contribution in [0.3, 0.4) is 0 Å². The van der Waals surface area contributed by atoms with Crippen LogP contribution in [0.5, 0.6) is 0 Å². The molecule has 0 unspecified atom stereocenters. The van der Waals surface area contributed by atoms with Gasteiger partial charge in [0.15, 0.2) is 0 Å². The molecule has 1 aromatic carbocycles. The van der Waals surface area contributed by atoms with Gasteiger partial charge in [-0.25, -0.2) is 4.68 Å². The van der Waals surface area contributed by atoms with Crippen molar-refractivity contribution in [2.45, 2.75) is 38.5 Å². The summed E-state index contributed by atoms with van der Waals surface area (Å²) in [6.07, 6.45) is 6.75. The molecule has 0 spiro atoms. The Morgan fingerprint density at radius 1 is 1.19 bits per heavy atom. The lowest BCUT2D eigenvalue weighted by molar-refractivity contribution is 0.403. The number of benzene rings is 1. The zero-order valence-corrected chi connectivity index (χ0v) is 12.3. The number of fused-ring (bicyclic) bond motifs is 1. The van der Waals surface area contributed by atoms with Crippen LogP contribution in [0.25, 0.3) is 16.6 Å². The number of pyridine rings is 1. The number of hydrogen-bond donors (Lipinski definition) is 0. The lowest BCUT2D eigenvalue weighted by atomic mass is 9.82. The third-order valence-corrected chi connectivity index (χ3v) is 4.52. The standard InChI is InChI=1S/C18H19N3/c1-2-14-12-18(13-6-3-7-13)21(20-14)17-10-4-9-16-15(17)8-5-11-19-16/h4-5,8-13H,2-3,6-7H2,1H3. The predicted molar refractivity (Wildman–Crippen MR) is 84.8 cm³/mol. The molecule has 1 aliphatic rings. The maximum Gasteiger partial charge on any atom is 0.0743 e. The van der Waals surface area contributed by atoms with Crippen LogP contribution in [0.2, 0.25) is 0 Å². The molecule has 21 heavy (non-hydrogen) atoms. The van der Waals surface area contributed by atoms with E-state index in [-0.39, 0.29) is 0 Å². The van der Waals surface area contributed by atoms with E-state index < -0.39 is 0 Å². The Morgan fingerprint density at radius 2 is 2.10 bits per heavy atom. The number of aryl methyl sites for hydroxylation is 1. The molecule has 3 nitrogen and oxygen atoms in total. The van der Waals surface area contributed by atoms with Crippen molar-refractivity contribution in [3.8, 4) is 5.69 Å². The van der Waals surface area contributed by atoms with Crippen LogP contribution < -0.4 is 0 Å². The number of aromatic nitrogens is 3. The van der Waals surface area contributed by atoms with E-state index in [4.69, 9.17) is 5.10 Å². The Kier molecular flexibility index (Phi) is 2.99. The molecule has 0 bridgehead atoms. The Morgan fingerprint density at radius 3 is 2.86 bits per heavy atom. The van der Waals surface area contributed by atoms with Gasteiger partial charge in [-0.2, -0.15) is 5.10 Å². The van der Waals surface area contributed by atoms with E-state index in [0.29, 0.717) is 5.92 Å². The minimum atomic E-state index is 0.671. The molecule has 2 aromatic heterocycles. The van der Waals surface area contributed by atoms with E-state index in [2.05, 4.69) is 46.9 Å². The first kappa shape index (κ1) is 12.6. The summed E-state index contributed by atoms with van der Waals surface area (Å²) in [6, 6.07) is 12.7. The fourth-order valence-corrected chi connectivity index (χ4v) is 3.08. The van der Waals surface area contributed by atoms with Crippen LogP contribution in [0, 0.1) is 0 Å². The van der Waals surface area contributed by atoms with Crippen molar-refractivity contribution < 1.29 is 0 Å². The van der Waals surface area contributed by atoms with E-state index >= 15 is 0 Å². The van der Waals surface area contributed by atoms with Crippen LogP contribution >= 0.6 is 0 Å². The summed E-state index contributed by atoms with van der Waals surface area (Å²) in [4.78, 5) is 4.46. The van der Waals surface area contributed by atoms with Gasteiger partial charge in [0.2, 0.25) is 0 Å². The molecule has 0 N–H and O–H groups in total. The van der Waals surface area contributed by atoms with Gasteiger partial charge in [0.25, 0.3) is 0 Å². The van der Waals surface area contributed by atoms with Gasteiger partial charge in [-0.15, -0.1) is 0 Å². The van der Waals surface area contributed by atoms with Crippen molar-refractivity contribution >= 4 is 10.9 Å². The van der Waals surface area contributed by atoms with E-state index in [1.165, 1.54) is 36.0 Å². The average Bonchev–Trinajstić information content (AvgIpc) is 2.88. The Labute approximate surface area is 124 Å². The molecule has 3 heteroatoms. The third-order valence-electron chi connectivity index (χ3n) is 4.52. The molecule has 1 fully saturated rings. The highest BCUT2D eigenvalue weighted by atomic mass is 15.3. The average molecular weight is 277 g/mol. The molecule has 0 saturated heterocycles. The molecule has 106 valence electrons. The molecule has 2 heterocycles. The monoisotopic (exact) mass is 277 g/mol. The predicted octanol–water partition coefficient (Wildman–Crippen LogP) is 4.25. The molecule has 3 aromatic rings. The van der Waals surface area contributed by atoms with Crippen LogP contribution in [0.15, 0.2) is 42.6 Å². The van der Waals surface area contributed by atoms with Gasteiger partial charge in [0.05, 0.1) is 16.9 Å². The van der Waals surface area contributed by atoms with Crippen molar-refractivity contribution in [2.75, 3.05) is 0 Å². The van der Waals surface area contributed by atoms with Crippen molar-refractivity contribution in [1.29, 1.82) is 0 Å². The normalized spacial score (nSPS) is 15.3. The van der Waals surface area contributed by atoms with E-state index in [1.54, 1.807) is 0 Å². The van der Waals surface area contributed by atoms with Gasteiger partial charge in [-0.3, -0.25) is 4.98 Å². The molecule has 1 aliphatic carbocycles. The van der Waals surface area contributed by atoms with Crippen molar-refractivity contribution in [2.24, 2.45) is 0 Å². The smallest absolute Gasteiger partial charge is 0.0743 e. The number of rotatable bonds is 3. The van der Waals surface area contributed by atoms with Crippen LogP contribution in [0.1, 0.15) is 43.5 Å². The van der Waals surface area contributed by atoms with Crippen molar-refractivity contribution in [1.82, 2.24) is 14.8 Å². The maximum atomic E-state index is 4.84. The van der Waals surface area contributed by atoms with Gasteiger partial charge in [-0.1, -0.05) is 19.4 Å². The molecule has 0 atom stereocenters. The van der Waals surface area contributed by atoms with E-state index in [9.17, 15) is 0 Å². The van der Waals surface area contributed by atoms with Gasteiger partial charge >= 0.3 is 0 Å². The summed E-state index contributed by atoms with van der Waals surface area (Å²) in [5.41, 5.74) is 4.73. The highest BCUT2D eigenvalue weighted by Crippen LogP contribution is 2.38. The molecule has 1 saturated carbocycles. The summed E-state index contributed by atoms with van der Waals surface area (Å²) in [6.45, 7) is 2.17. The lowest BCUT2D eigenvalue weighted by Crippen LogP contribution is -2.14. The second kappa shape index (κ2) is 4.99. The first-order valence-corrected chi connectivity index (χ1v) is 7.80. The topological polar surface area (TPSA) is 30.7 Å². The van der Waals surface area contributed by atoms with Crippen LogP contribution in [-0.4, -0.2) is 14.8 Å². The maximum absolute atomic E-state index is 4.84. The minimum Gasteiger partial charge on any atom is -0.256 e. The second-order valence-corrected chi connectivity index (χ2v) is 5.80. The highest BCUT2D eigenvalue weighted by Gasteiger charge is 2.25. The fraction of sp³-hybridized carbons (Fsp3) is 0.333. The summed E-state index contributed by atoms with van der Waals surface area (Å²) in [7, 11) is 0. The zero-order chi connectivity index (χ0) is 14.2. The fourth-order valence-electron chi connectivity index (χ4n) is 3.08. The molecule has 0 radical (unpaired) electrons. The molecular formula is C18H19N3. The van der Waals surface area contributed by atoms with Gasteiger partial charge in [0, 0.05) is 23.2 Å². The van der Waals surface area contributed by atoms with Gasteiger partial charge in [-0.05, 0) is 49.6 Å². The first-order valence-electron chi connectivity index (χ1n) is 7.80. The minimum absolute atomic E-state index is 0.671. The van der Waals surface area contributed by atoms with E-state index in [1.807, 2.05) is 12.3 Å². The van der Waals surface area contributed by atoms with Gasteiger partial charge < -0.3 is 0 Å². The quantitative estimate of drug-likeness (QED) is 0.716. The van der Waals surface area contributed by atoms with Crippen LogP contribution in [-0.2, 0) is 6.42 Å².